The maximum Gasteiger partial charge on any atom is 0.271 e. The first kappa shape index (κ1) is 20.7. The second-order valence-electron chi connectivity index (χ2n) is 6.45. The molecule has 0 unspecified atom stereocenters. The number of carbonyl (C=O) groups is 2. The molecule has 2 amide bonds. The highest BCUT2D eigenvalue weighted by molar-refractivity contribution is 5.95. The van der Waals surface area contributed by atoms with E-state index in [2.05, 4.69) is 15.8 Å². The summed E-state index contributed by atoms with van der Waals surface area (Å²) >= 11 is 0. The molecule has 0 atom stereocenters. The summed E-state index contributed by atoms with van der Waals surface area (Å²) in [5, 5.41) is 6.39. The molecule has 7 heteroatoms. The van der Waals surface area contributed by atoms with E-state index in [1.807, 2.05) is 19.1 Å². The number of nitrogens with one attached hydrogen (secondary N) is 2. The summed E-state index contributed by atoms with van der Waals surface area (Å²) in [4.78, 5) is 24.0. The number of carbonyl (C=O) groups excluding carboxylic acids is 2. The summed E-state index contributed by atoms with van der Waals surface area (Å²) in [6, 6.07) is 19.9. The van der Waals surface area contributed by atoms with Crippen LogP contribution in [0.1, 0.15) is 21.5 Å². The predicted octanol–water partition coefficient (Wildman–Crippen LogP) is 3.92. The topological polar surface area (TPSA) is 79.8 Å². The Bertz CT molecular complexity index is 1070. The Morgan fingerprint density at radius 2 is 1.80 bits per heavy atom. The van der Waals surface area contributed by atoms with Gasteiger partial charge in [-0.1, -0.05) is 42.0 Å². The number of anilines is 1. The van der Waals surface area contributed by atoms with Crippen LogP contribution < -0.4 is 15.5 Å². The molecule has 0 saturated heterocycles. The van der Waals surface area contributed by atoms with Gasteiger partial charge in [-0.25, -0.2) is 9.82 Å². The second kappa shape index (κ2) is 9.97. The second-order valence-corrected chi connectivity index (χ2v) is 6.45. The number of nitrogens with zero attached hydrogens (tertiary/aromatic N) is 1. The van der Waals surface area contributed by atoms with E-state index in [0.717, 1.165) is 5.56 Å². The van der Waals surface area contributed by atoms with Crippen molar-refractivity contribution in [2.75, 3.05) is 11.9 Å². The van der Waals surface area contributed by atoms with Gasteiger partial charge in [0.05, 0.1) is 11.9 Å². The molecular weight excluding hydrogens is 385 g/mol. The lowest BCUT2D eigenvalue weighted by molar-refractivity contribution is -0.118. The highest BCUT2D eigenvalue weighted by atomic mass is 19.1. The Balaban J connectivity index is 1.52. The minimum atomic E-state index is -0.517. The first-order chi connectivity index (χ1) is 14.5. The molecule has 0 radical (unpaired) electrons. The Hall–Kier alpha value is -4.00. The molecule has 3 aromatic carbocycles. The molecule has 3 rings (SSSR count). The van der Waals surface area contributed by atoms with E-state index in [1.54, 1.807) is 42.5 Å². The number of benzene rings is 3. The molecule has 0 saturated carbocycles. The summed E-state index contributed by atoms with van der Waals surface area (Å²) in [5.74, 6) is -0.878. The fourth-order valence-electron chi connectivity index (χ4n) is 2.52. The number of ether oxygens (including phenoxy) is 1. The molecule has 30 heavy (non-hydrogen) atoms. The van der Waals surface area contributed by atoms with Crippen LogP contribution in [0.5, 0.6) is 5.75 Å². The smallest absolute Gasteiger partial charge is 0.271 e. The average molecular weight is 405 g/mol. The van der Waals surface area contributed by atoms with Crippen LogP contribution in [0.25, 0.3) is 0 Å². The summed E-state index contributed by atoms with van der Waals surface area (Å²) < 4.78 is 19.0. The van der Waals surface area contributed by atoms with Crippen LogP contribution in [-0.2, 0) is 4.79 Å². The fourth-order valence-corrected chi connectivity index (χ4v) is 2.52. The van der Waals surface area contributed by atoms with Crippen LogP contribution in [0.15, 0.2) is 77.9 Å². The fraction of sp³-hybridized carbons (Fsp3) is 0.0870. The number of hydrogen-bond acceptors (Lipinski definition) is 4. The molecule has 0 aliphatic heterocycles. The van der Waals surface area contributed by atoms with E-state index in [-0.39, 0.29) is 18.2 Å². The molecule has 2 N–H and O–H groups in total. The molecule has 0 aliphatic rings. The molecule has 0 heterocycles. The molecular formula is C23H20FN3O3. The van der Waals surface area contributed by atoms with Crippen molar-refractivity contribution in [3.05, 3.63) is 95.3 Å². The standard InChI is InChI=1S/C23H20FN3O3/c1-16-9-11-18(12-10-16)23(29)27-25-14-17-5-4-6-19(13-17)30-15-22(28)26-21-8-3-2-7-20(21)24/h2-14H,15H2,1H3,(H,26,28)(H,27,29)/b25-14+. The van der Waals surface area contributed by atoms with Crippen molar-refractivity contribution >= 4 is 23.7 Å². The van der Waals surface area contributed by atoms with Crippen LogP contribution in [0, 0.1) is 12.7 Å². The third-order valence-electron chi connectivity index (χ3n) is 4.07. The van der Waals surface area contributed by atoms with Crippen LogP contribution in [0.4, 0.5) is 10.1 Å². The van der Waals surface area contributed by atoms with Crippen molar-refractivity contribution in [2.24, 2.45) is 5.10 Å². The molecule has 0 fully saturated rings. The van der Waals surface area contributed by atoms with E-state index < -0.39 is 11.7 Å². The average Bonchev–Trinajstić information content (AvgIpc) is 2.75. The van der Waals surface area contributed by atoms with Crippen LogP contribution in [0.3, 0.4) is 0 Å². The summed E-state index contributed by atoms with van der Waals surface area (Å²) in [7, 11) is 0. The molecule has 0 aromatic heterocycles. The maximum absolute atomic E-state index is 13.6. The number of aryl methyl sites for hydroxylation is 1. The third-order valence-corrected chi connectivity index (χ3v) is 4.07. The highest BCUT2D eigenvalue weighted by Gasteiger charge is 2.07. The van der Waals surface area contributed by atoms with Gasteiger partial charge in [-0.15, -0.1) is 0 Å². The van der Waals surface area contributed by atoms with E-state index in [9.17, 15) is 14.0 Å². The van der Waals surface area contributed by atoms with E-state index >= 15 is 0 Å². The van der Waals surface area contributed by atoms with Gasteiger partial charge in [-0.3, -0.25) is 9.59 Å². The number of para-hydroxylation sites is 1. The lowest BCUT2D eigenvalue weighted by Crippen LogP contribution is -2.20. The van der Waals surface area contributed by atoms with Crippen LogP contribution >= 0.6 is 0 Å². The molecule has 3 aromatic rings. The number of rotatable bonds is 7. The Kier molecular flexibility index (Phi) is 6.89. The van der Waals surface area contributed by atoms with Gasteiger partial charge in [0.15, 0.2) is 6.61 Å². The molecule has 0 aliphatic carbocycles. The zero-order chi connectivity index (χ0) is 21.3. The number of amides is 2. The summed E-state index contributed by atoms with van der Waals surface area (Å²) in [6.07, 6.45) is 1.47. The summed E-state index contributed by atoms with van der Waals surface area (Å²) in [6.45, 7) is 1.66. The van der Waals surface area contributed by atoms with Crippen molar-refractivity contribution < 1.29 is 18.7 Å². The molecule has 0 spiro atoms. The number of hydrazone groups is 1. The largest absolute Gasteiger partial charge is 0.484 e. The minimum absolute atomic E-state index is 0.0938. The van der Waals surface area contributed by atoms with Gasteiger partial charge >= 0.3 is 0 Å². The number of halogens is 1. The zero-order valence-corrected chi connectivity index (χ0v) is 16.3. The van der Waals surface area contributed by atoms with E-state index in [1.165, 1.54) is 24.4 Å². The van der Waals surface area contributed by atoms with Crippen molar-refractivity contribution in [1.82, 2.24) is 5.43 Å². The van der Waals surface area contributed by atoms with Crippen molar-refractivity contribution in [1.29, 1.82) is 0 Å². The Morgan fingerprint density at radius 3 is 2.57 bits per heavy atom. The third kappa shape index (κ3) is 6.00. The normalized spacial score (nSPS) is 10.6. The minimum Gasteiger partial charge on any atom is -0.484 e. The first-order valence-corrected chi connectivity index (χ1v) is 9.18. The Labute approximate surface area is 173 Å². The van der Waals surface area contributed by atoms with E-state index in [4.69, 9.17) is 4.74 Å². The van der Waals surface area contributed by atoms with Gasteiger partial charge in [-0.05, 0) is 48.9 Å². The van der Waals surface area contributed by atoms with Gasteiger partial charge in [-0.2, -0.15) is 5.10 Å². The van der Waals surface area contributed by atoms with Gasteiger partial charge in [0.1, 0.15) is 11.6 Å². The monoisotopic (exact) mass is 405 g/mol. The van der Waals surface area contributed by atoms with Crippen LogP contribution in [0.2, 0.25) is 0 Å². The quantitative estimate of drug-likeness (QED) is 0.462. The maximum atomic E-state index is 13.6. The van der Waals surface area contributed by atoms with Gasteiger partial charge in [0.2, 0.25) is 0 Å². The van der Waals surface area contributed by atoms with Crippen molar-refractivity contribution in [3.8, 4) is 5.75 Å². The predicted molar refractivity (Wildman–Crippen MR) is 113 cm³/mol. The van der Waals surface area contributed by atoms with Crippen molar-refractivity contribution in [2.45, 2.75) is 6.92 Å². The molecule has 152 valence electrons. The Morgan fingerprint density at radius 1 is 1.03 bits per heavy atom. The highest BCUT2D eigenvalue weighted by Crippen LogP contribution is 2.14. The SMILES string of the molecule is Cc1ccc(C(=O)N/N=C/c2cccc(OCC(=O)Nc3ccccc3F)c2)cc1. The van der Waals surface area contributed by atoms with Gasteiger partial charge in [0.25, 0.3) is 11.8 Å². The van der Waals surface area contributed by atoms with Gasteiger partial charge < -0.3 is 10.1 Å². The molecule has 0 bridgehead atoms. The zero-order valence-electron chi connectivity index (χ0n) is 16.3. The summed E-state index contributed by atoms with van der Waals surface area (Å²) in [5.41, 5.74) is 4.80. The van der Waals surface area contributed by atoms with Gasteiger partial charge in [0, 0.05) is 5.56 Å². The molecule has 6 nitrogen and oxygen atoms in total. The number of hydrogen-bond donors (Lipinski definition) is 2. The first-order valence-electron chi connectivity index (χ1n) is 9.18. The van der Waals surface area contributed by atoms with Crippen molar-refractivity contribution in [3.63, 3.8) is 0 Å². The van der Waals surface area contributed by atoms with E-state index in [0.29, 0.717) is 16.9 Å². The lowest BCUT2D eigenvalue weighted by atomic mass is 10.1. The van der Waals surface area contributed by atoms with Crippen LogP contribution in [-0.4, -0.2) is 24.6 Å². The lowest BCUT2D eigenvalue weighted by Gasteiger charge is -2.08.